The molecule has 1 rings (SSSR count). The van der Waals surface area contributed by atoms with E-state index in [1.54, 1.807) is 11.9 Å². The zero-order valence-corrected chi connectivity index (χ0v) is 11.7. The molecule has 4 heteroatoms. The first-order chi connectivity index (χ1) is 6.92. The number of alkyl halides is 1. The summed E-state index contributed by atoms with van der Waals surface area (Å²) in [5, 5.41) is 0.826. The lowest BCUT2D eigenvalue weighted by atomic mass is 9.95. The lowest BCUT2D eigenvalue weighted by molar-refractivity contribution is 0.535. The van der Waals surface area contributed by atoms with Crippen LogP contribution in [-0.2, 0) is 5.33 Å². The van der Waals surface area contributed by atoms with Crippen LogP contribution in [0, 0.1) is 0 Å². The van der Waals surface area contributed by atoms with Crippen molar-refractivity contribution in [2.75, 3.05) is 0 Å². The second-order valence-corrected chi connectivity index (χ2v) is 5.86. The highest BCUT2D eigenvalue weighted by molar-refractivity contribution is 9.08. The molecule has 0 saturated heterocycles. The van der Waals surface area contributed by atoms with Crippen LogP contribution in [0.15, 0.2) is 23.1 Å². The van der Waals surface area contributed by atoms with E-state index in [-0.39, 0.29) is 5.54 Å². The first-order valence-electron chi connectivity index (χ1n) is 4.81. The van der Waals surface area contributed by atoms with Gasteiger partial charge >= 0.3 is 0 Å². The maximum absolute atomic E-state index is 5.73. The van der Waals surface area contributed by atoms with Crippen molar-refractivity contribution in [3.05, 3.63) is 23.8 Å². The van der Waals surface area contributed by atoms with Crippen LogP contribution in [0.3, 0.4) is 0 Å². The van der Waals surface area contributed by atoms with Crippen LogP contribution in [0.4, 0.5) is 0 Å². The van der Waals surface area contributed by atoms with Gasteiger partial charge in [0.2, 0.25) is 0 Å². The second-order valence-electron chi connectivity index (χ2n) is 4.45. The predicted octanol–water partition coefficient (Wildman–Crippen LogP) is 2.77. The minimum atomic E-state index is 0.107. The highest BCUT2D eigenvalue weighted by atomic mass is 79.9. The number of nitrogens with one attached hydrogen (secondary N) is 1. The summed E-state index contributed by atoms with van der Waals surface area (Å²) in [6.45, 7) is 6.43. The Hall–Kier alpha value is 0.0749. The zero-order chi connectivity index (χ0) is 11.5. The van der Waals surface area contributed by atoms with Crippen LogP contribution in [0.5, 0.6) is 0 Å². The van der Waals surface area contributed by atoms with Crippen molar-refractivity contribution >= 4 is 41.2 Å². The second kappa shape index (κ2) is 5.42. The van der Waals surface area contributed by atoms with Crippen molar-refractivity contribution in [3.63, 3.8) is 0 Å². The van der Waals surface area contributed by atoms with E-state index in [2.05, 4.69) is 47.5 Å². The van der Waals surface area contributed by atoms with Gasteiger partial charge in [-0.05, 0) is 44.3 Å². The van der Waals surface area contributed by atoms with E-state index in [1.165, 1.54) is 10.5 Å². The molecule has 0 atom stereocenters. The van der Waals surface area contributed by atoms with Crippen LogP contribution in [0.1, 0.15) is 26.3 Å². The van der Waals surface area contributed by atoms with E-state index < -0.39 is 0 Å². The molecule has 0 fully saturated rings. The third kappa shape index (κ3) is 4.62. The molecular formula is C11H15BBrNS. The fourth-order valence-corrected chi connectivity index (χ4v) is 2.48. The van der Waals surface area contributed by atoms with Gasteiger partial charge in [-0.25, -0.2) is 0 Å². The lowest BCUT2D eigenvalue weighted by Crippen LogP contribution is -2.29. The first-order valence-corrected chi connectivity index (χ1v) is 6.74. The molecule has 0 aliphatic rings. The maximum Gasteiger partial charge on any atom is 0.113 e. The van der Waals surface area contributed by atoms with E-state index in [0.29, 0.717) is 0 Å². The highest BCUT2D eigenvalue weighted by Gasteiger charge is 2.10. The molecule has 0 saturated carbocycles. The Balaban J connectivity index is 2.76. The highest BCUT2D eigenvalue weighted by Crippen LogP contribution is 2.23. The van der Waals surface area contributed by atoms with Crippen molar-refractivity contribution in [2.45, 2.75) is 36.5 Å². The zero-order valence-electron chi connectivity index (χ0n) is 9.30. The first kappa shape index (κ1) is 13.1. The van der Waals surface area contributed by atoms with Gasteiger partial charge < -0.3 is 0 Å². The molecule has 0 aromatic heterocycles. The van der Waals surface area contributed by atoms with E-state index in [9.17, 15) is 0 Å². The smallest absolute Gasteiger partial charge is 0.113 e. The van der Waals surface area contributed by atoms with Gasteiger partial charge in [-0.2, -0.15) is 0 Å². The van der Waals surface area contributed by atoms with Gasteiger partial charge in [0.25, 0.3) is 0 Å². The number of rotatable bonds is 3. The summed E-state index contributed by atoms with van der Waals surface area (Å²) in [6, 6.07) is 5.98. The molecule has 0 aliphatic heterocycles. The fraction of sp³-hybridized carbons (Fsp3) is 0.455. The standard InChI is InChI=1S/C11H15BBrNS/c1-11(2,3)14-15-10-5-4-9(12)6-8(10)7-13/h4-6,14H,7H2,1-3H3. The number of hydrogen-bond acceptors (Lipinski definition) is 2. The quantitative estimate of drug-likeness (QED) is 0.520. The molecule has 1 aromatic rings. The van der Waals surface area contributed by atoms with E-state index in [1.807, 2.05) is 12.1 Å². The van der Waals surface area contributed by atoms with Crippen molar-refractivity contribution in [2.24, 2.45) is 0 Å². The molecule has 1 nitrogen and oxygen atoms in total. The number of benzene rings is 1. The largest absolute Gasteiger partial charge is 0.255 e. The Morgan fingerprint density at radius 2 is 2.07 bits per heavy atom. The minimum Gasteiger partial charge on any atom is -0.255 e. The molecule has 15 heavy (non-hydrogen) atoms. The van der Waals surface area contributed by atoms with E-state index in [4.69, 9.17) is 7.85 Å². The molecule has 2 radical (unpaired) electrons. The van der Waals surface area contributed by atoms with Gasteiger partial charge in [-0.3, -0.25) is 4.72 Å². The van der Waals surface area contributed by atoms with Crippen LogP contribution < -0.4 is 10.2 Å². The van der Waals surface area contributed by atoms with Crippen LogP contribution >= 0.6 is 27.9 Å². The molecule has 0 heterocycles. The van der Waals surface area contributed by atoms with E-state index >= 15 is 0 Å². The molecular weight excluding hydrogens is 269 g/mol. The Labute approximate surface area is 106 Å². The summed E-state index contributed by atoms with van der Waals surface area (Å²) in [4.78, 5) is 1.22. The molecule has 1 N–H and O–H groups in total. The van der Waals surface area contributed by atoms with Gasteiger partial charge in [0, 0.05) is 15.8 Å². The van der Waals surface area contributed by atoms with Gasteiger partial charge in [-0.1, -0.05) is 33.5 Å². The average Bonchev–Trinajstić information content (AvgIpc) is 2.14. The molecule has 0 amide bonds. The normalized spacial score (nSPS) is 11.7. The SMILES string of the molecule is [B]c1ccc(SNC(C)(C)C)c(CBr)c1. The molecule has 80 valence electrons. The molecule has 0 bridgehead atoms. The van der Waals surface area contributed by atoms with Crippen LogP contribution in [0.25, 0.3) is 0 Å². The summed E-state index contributed by atoms with van der Waals surface area (Å²) in [5.74, 6) is 0. The third-order valence-electron chi connectivity index (χ3n) is 1.70. The van der Waals surface area contributed by atoms with Gasteiger partial charge in [0.15, 0.2) is 0 Å². The Morgan fingerprint density at radius 3 is 2.60 bits per heavy atom. The topological polar surface area (TPSA) is 12.0 Å². The summed E-state index contributed by atoms with van der Waals surface area (Å²) in [6.07, 6.45) is 0. The minimum absolute atomic E-state index is 0.107. The maximum atomic E-state index is 5.73. The van der Waals surface area contributed by atoms with Gasteiger partial charge in [0.1, 0.15) is 7.85 Å². The Kier molecular flexibility index (Phi) is 4.75. The van der Waals surface area contributed by atoms with Crippen LogP contribution in [0.2, 0.25) is 0 Å². The number of hydrogen-bond donors (Lipinski definition) is 1. The van der Waals surface area contributed by atoms with Crippen molar-refractivity contribution in [1.29, 1.82) is 0 Å². The molecule has 0 unspecified atom stereocenters. The summed E-state index contributed by atoms with van der Waals surface area (Å²) in [7, 11) is 5.73. The Morgan fingerprint density at radius 1 is 1.40 bits per heavy atom. The monoisotopic (exact) mass is 283 g/mol. The molecule has 1 aromatic carbocycles. The number of halogens is 1. The van der Waals surface area contributed by atoms with Crippen molar-refractivity contribution in [3.8, 4) is 0 Å². The van der Waals surface area contributed by atoms with Gasteiger partial charge in [-0.15, -0.1) is 0 Å². The molecule has 0 aliphatic carbocycles. The lowest BCUT2D eigenvalue weighted by Gasteiger charge is -2.20. The van der Waals surface area contributed by atoms with Crippen molar-refractivity contribution < 1.29 is 0 Å². The Bertz CT molecular complexity index is 336. The summed E-state index contributed by atoms with van der Waals surface area (Å²) >= 11 is 5.12. The third-order valence-corrected chi connectivity index (χ3v) is 3.63. The predicted molar refractivity (Wildman–Crippen MR) is 73.2 cm³/mol. The fourth-order valence-electron chi connectivity index (χ4n) is 1.01. The molecule has 0 spiro atoms. The van der Waals surface area contributed by atoms with Crippen LogP contribution in [-0.4, -0.2) is 13.4 Å². The van der Waals surface area contributed by atoms with E-state index in [0.717, 1.165) is 10.8 Å². The summed E-state index contributed by atoms with van der Waals surface area (Å²) < 4.78 is 3.39. The van der Waals surface area contributed by atoms with Crippen molar-refractivity contribution in [1.82, 2.24) is 4.72 Å². The average molecular weight is 284 g/mol. The summed E-state index contributed by atoms with van der Waals surface area (Å²) in [5.41, 5.74) is 2.14. The van der Waals surface area contributed by atoms with Gasteiger partial charge in [0.05, 0.1) is 0 Å².